The number of allylic oxidation sites excluding steroid dienone is 1. The average molecular weight is 262 g/mol. The number of rotatable bonds is 8. The third-order valence-electron chi connectivity index (χ3n) is 2.79. The van der Waals surface area contributed by atoms with E-state index in [1.165, 1.54) is 11.6 Å². The third-order valence-corrected chi connectivity index (χ3v) is 2.79. The van der Waals surface area contributed by atoms with Crippen molar-refractivity contribution in [1.82, 2.24) is 0 Å². The van der Waals surface area contributed by atoms with E-state index in [9.17, 15) is 4.79 Å². The fourth-order valence-electron chi connectivity index (χ4n) is 1.75. The van der Waals surface area contributed by atoms with E-state index in [1.807, 2.05) is 18.2 Å². The number of hydrogen-bond acceptors (Lipinski definition) is 3. The normalized spacial score (nSPS) is 10.6. The van der Waals surface area contributed by atoms with Gasteiger partial charge in [-0.1, -0.05) is 18.2 Å². The smallest absolute Gasteiger partial charge is 0.330 e. The number of esters is 1. The molecule has 0 bridgehead atoms. The first-order valence-electron chi connectivity index (χ1n) is 6.72. The molecule has 19 heavy (non-hydrogen) atoms. The second-order valence-electron chi connectivity index (χ2n) is 4.25. The van der Waals surface area contributed by atoms with E-state index in [0.29, 0.717) is 6.61 Å². The van der Waals surface area contributed by atoms with Gasteiger partial charge in [0.15, 0.2) is 0 Å². The highest BCUT2D eigenvalue weighted by atomic mass is 16.5. The Balaban J connectivity index is 2.15. The molecule has 0 aliphatic carbocycles. The molecule has 0 atom stereocenters. The van der Waals surface area contributed by atoms with Crippen molar-refractivity contribution in [2.45, 2.75) is 32.6 Å². The first kappa shape index (κ1) is 15.3. The molecule has 1 rings (SSSR count). The number of carbonyl (C=O) groups excluding carboxylic acids is 1. The van der Waals surface area contributed by atoms with Gasteiger partial charge in [0.05, 0.1) is 13.7 Å². The molecule has 3 nitrogen and oxygen atoms in total. The highest BCUT2D eigenvalue weighted by molar-refractivity contribution is 5.81. The fraction of sp³-hybridized carbons (Fsp3) is 0.438. The third kappa shape index (κ3) is 6.65. The molecule has 0 aromatic heterocycles. The summed E-state index contributed by atoms with van der Waals surface area (Å²) in [6.07, 6.45) is 7.54. The van der Waals surface area contributed by atoms with E-state index < -0.39 is 0 Å². The molecule has 3 heteroatoms. The van der Waals surface area contributed by atoms with Gasteiger partial charge in [-0.3, -0.25) is 0 Å². The summed E-state index contributed by atoms with van der Waals surface area (Å²) < 4.78 is 9.92. The van der Waals surface area contributed by atoms with Crippen LogP contribution < -0.4 is 4.74 Å². The number of benzene rings is 1. The summed E-state index contributed by atoms with van der Waals surface area (Å²) in [5.41, 5.74) is 1.31. The zero-order valence-electron chi connectivity index (χ0n) is 11.7. The molecule has 104 valence electrons. The van der Waals surface area contributed by atoms with Crippen molar-refractivity contribution in [2.75, 3.05) is 13.7 Å². The van der Waals surface area contributed by atoms with E-state index in [2.05, 4.69) is 12.1 Å². The molecule has 0 aliphatic heterocycles. The Morgan fingerprint density at radius 1 is 1.21 bits per heavy atom. The summed E-state index contributed by atoms with van der Waals surface area (Å²) in [6.45, 7) is 2.24. The minimum atomic E-state index is -0.252. The molecule has 0 fully saturated rings. The lowest BCUT2D eigenvalue weighted by Gasteiger charge is -2.02. The maximum atomic E-state index is 11.0. The molecular formula is C16H22O3. The average Bonchev–Trinajstić information content (AvgIpc) is 2.43. The molecule has 1 aromatic rings. The summed E-state index contributed by atoms with van der Waals surface area (Å²) in [4.78, 5) is 11.0. The minimum Gasteiger partial charge on any atom is -0.497 e. The number of aryl methyl sites for hydroxylation is 1. The van der Waals surface area contributed by atoms with E-state index in [-0.39, 0.29) is 5.97 Å². The molecule has 0 spiro atoms. The number of unbranched alkanes of at least 4 members (excludes halogenated alkanes) is 2. The molecule has 0 heterocycles. The molecule has 0 unspecified atom stereocenters. The SMILES string of the molecule is CCOC(=O)/C=C/CCCCc1ccc(OC)cc1. The summed E-state index contributed by atoms with van der Waals surface area (Å²) in [6, 6.07) is 8.15. The van der Waals surface area contributed by atoms with Gasteiger partial charge in [-0.2, -0.15) is 0 Å². The molecule has 0 aliphatic rings. The van der Waals surface area contributed by atoms with Gasteiger partial charge >= 0.3 is 5.97 Å². The van der Waals surface area contributed by atoms with Gasteiger partial charge in [-0.15, -0.1) is 0 Å². The topological polar surface area (TPSA) is 35.5 Å². The maximum absolute atomic E-state index is 11.0. The minimum absolute atomic E-state index is 0.252. The Morgan fingerprint density at radius 2 is 1.95 bits per heavy atom. The lowest BCUT2D eigenvalue weighted by molar-refractivity contribution is -0.137. The van der Waals surface area contributed by atoms with Crippen molar-refractivity contribution < 1.29 is 14.3 Å². The maximum Gasteiger partial charge on any atom is 0.330 e. The summed E-state index contributed by atoms with van der Waals surface area (Å²) in [5, 5.41) is 0. The number of methoxy groups -OCH3 is 1. The van der Waals surface area contributed by atoms with Crippen LogP contribution in [0.25, 0.3) is 0 Å². The summed E-state index contributed by atoms with van der Waals surface area (Å²) in [5.74, 6) is 0.638. The predicted octanol–water partition coefficient (Wildman–Crippen LogP) is 3.53. The molecule has 1 aromatic carbocycles. The Bertz CT molecular complexity index is 393. The standard InChI is InChI=1S/C16H22O3/c1-3-19-16(17)9-7-5-4-6-8-14-10-12-15(18-2)13-11-14/h7,9-13H,3-6,8H2,1-2H3/b9-7+. The first-order chi connectivity index (χ1) is 9.26. The van der Waals surface area contributed by atoms with Gasteiger partial charge in [0.2, 0.25) is 0 Å². The number of ether oxygens (including phenoxy) is 2. The molecule has 0 radical (unpaired) electrons. The fourth-order valence-corrected chi connectivity index (χ4v) is 1.75. The van der Waals surface area contributed by atoms with Crippen LogP contribution in [0.3, 0.4) is 0 Å². The van der Waals surface area contributed by atoms with Crippen molar-refractivity contribution in [3.8, 4) is 5.75 Å². The Kier molecular flexibility index (Phi) is 7.40. The molecule has 0 amide bonds. The largest absolute Gasteiger partial charge is 0.497 e. The van der Waals surface area contributed by atoms with Crippen LogP contribution in [0, 0.1) is 0 Å². The van der Waals surface area contributed by atoms with E-state index in [0.717, 1.165) is 31.4 Å². The summed E-state index contributed by atoms with van der Waals surface area (Å²) >= 11 is 0. The van der Waals surface area contributed by atoms with Crippen LogP contribution in [0.2, 0.25) is 0 Å². The highest BCUT2D eigenvalue weighted by Crippen LogP contribution is 2.13. The first-order valence-corrected chi connectivity index (χ1v) is 6.72. The second-order valence-corrected chi connectivity index (χ2v) is 4.25. The quantitative estimate of drug-likeness (QED) is 0.408. The van der Waals surface area contributed by atoms with Crippen molar-refractivity contribution >= 4 is 5.97 Å². The van der Waals surface area contributed by atoms with Crippen molar-refractivity contribution in [2.24, 2.45) is 0 Å². The Morgan fingerprint density at radius 3 is 2.58 bits per heavy atom. The van der Waals surface area contributed by atoms with Crippen molar-refractivity contribution in [3.63, 3.8) is 0 Å². The molecular weight excluding hydrogens is 240 g/mol. The zero-order chi connectivity index (χ0) is 13.9. The van der Waals surface area contributed by atoms with Gasteiger partial charge < -0.3 is 9.47 Å². The van der Waals surface area contributed by atoms with Crippen LogP contribution in [0.1, 0.15) is 31.7 Å². The van der Waals surface area contributed by atoms with Gasteiger partial charge in [0, 0.05) is 6.08 Å². The lowest BCUT2D eigenvalue weighted by Crippen LogP contribution is -1.98. The van der Waals surface area contributed by atoms with Gasteiger partial charge in [0.25, 0.3) is 0 Å². The lowest BCUT2D eigenvalue weighted by atomic mass is 10.1. The van der Waals surface area contributed by atoms with Gasteiger partial charge in [0.1, 0.15) is 5.75 Å². The van der Waals surface area contributed by atoms with E-state index >= 15 is 0 Å². The van der Waals surface area contributed by atoms with Crippen LogP contribution in [-0.2, 0) is 16.0 Å². The molecule has 0 saturated heterocycles. The molecule has 0 saturated carbocycles. The van der Waals surface area contributed by atoms with Crippen LogP contribution in [-0.4, -0.2) is 19.7 Å². The number of hydrogen-bond donors (Lipinski definition) is 0. The van der Waals surface area contributed by atoms with Crippen molar-refractivity contribution in [3.05, 3.63) is 42.0 Å². The van der Waals surface area contributed by atoms with E-state index in [4.69, 9.17) is 9.47 Å². The van der Waals surface area contributed by atoms with Crippen LogP contribution in [0.15, 0.2) is 36.4 Å². The van der Waals surface area contributed by atoms with Crippen LogP contribution in [0.4, 0.5) is 0 Å². The van der Waals surface area contributed by atoms with Crippen molar-refractivity contribution in [1.29, 1.82) is 0 Å². The second kappa shape index (κ2) is 9.20. The van der Waals surface area contributed by atoms with E-state index in [1.54, 1.807) is 14.0 Å². The van der Waals surface area contributed by atoms with Gasteiger partial charge in [-0.05, 0) is 50.3 Å². The van der Waals surface area contributed by atoms with Crippen LogP contribution >= 0.6 is 0 Å². The van der Waals surface area contributed by atoms with Crippen LogP contribution in [0.5, 0.6) is 5.75 Å². The zero-order valence-corrected chi connectivity index (χ0v) is 11.7. The molecule has 0 N–H and O–H groups in total. The monoisotopic (exact) mass is 262 g/mol. The summed E-state index contributed by atoms with van der Waals surface area (Å²) in [7, 11) is 1.67. The predicted molar refractivity (Wildman–Crippen MR) is 76.3 cm³/mol. The van der Waals surface area contributed by atoms with Gasteiger partial charge in [-0.25, -0.2) is 4.79 Å². The highest BCUT2D eigenvalue weighted by Gasteiger charge is 1.95. The Labute approximate surface area is 115 Å². The number of carbonyl (C=O) groups is 1. The Hall–Kier alpha value is -1.77.